The van der Waals surface area contributed by atoms with Crippen LogP contribution in [0.1, 0.15) is 31.7 Å². The number of amides is 1. The second kappa shape index (κ2) is 6.59. The third kappa shape index (κ3) is 3.41. The maximum Gasteiger partial charge on any atom is 0.240 e. The van der Waals surface area contributed by atoms with Gasteiger partial charge in [-0.05, 0) is 43.5 Å². The third-order valence-corrected chi connectivity index (χ3v) is 6.02. The van der Waals surface area contributed by atoms with Gasteiger partial charge in [-0.3, -0.25) is 4.79 Å². The molecule has 0 radical (unpaired) electrons. The molecule has 7 heteroatoms. The van der Waals surface area contributed by atoms with E-state index in [2.05, 4.69) is 10.0 Å². The minimum absolute atomic E-state index is 0.0705. The summed E-state index contributed by atoms with van der Waals surface area (Å²) in [7, 11) is -3.50. The van der Waals surface area contributed by atoms with Gasteiger partial charge in [-0.2, -0.15) is 0 Å². The Balaban J connectivity index is 1.82. The molecule has 0 aromatic heterocycles. The van der Waals surface area contributed by atoms with Gasteiger partial charge in [-0.1, -0.05) is 13.0 Å². The number of hydrogen-bond acceptors (Lipinski definition) is 4. The van der Waals surface area contributed by atoms with Crippen LogP contribution in [-0.4, -0.2) is 40.0 Å². The molecule has 1 fully saturated rings. The Morgan fingerprint density at radius 2 is 2.26 bits per heavy atom. The minimum Gasteiger partial charge on any atom is -0.313 e. The number of nitrogens with one attached hydrogen (secondary N) is 2. The van der Waals surface area contributed by atoms with Gasteiger partial charge in [0.05, 0.1) is 4.90 Å². The van der Waals surface area contributed by atoms with E-state index in [1.807, 2.05) is 6.07 Å². The number of fused-ring (bicyclic) bond motifs is 1. The highest BCUT2D eigenvalue weighted by Crippen LogP contribution is 2.31. The fourth-order valence-corrected chi connectivity index (χ4v) is 4.37. The average molecular weight is 337 g/mol. The van der Waals surface area contributed by atoms with Crippen LogP contribution in [0.2, 0.25) is 0 Å². The average Bonchev–Trinajstić information content (AvgIpc) is 3.15. The predicted octanol–water partition coefficient (Wildman–Crippen LogP) is 1.02. The Labute approximate surface area is 137 Å². The summed E-state index contributed by atoms with van der Waals surface area (Å²) in [6, 6.07) is 5.31. The molecule has 1 atom stereocenters. The molecule has 0 spiro atoms. The Morgan fingerprint density at radius 3 is 2.96 bits per heavy atom. The van der Waals surface area contributed by atoms with Gasteiger partial charge in [-0.25, -0.2) is 13.1 Å². The van der Waals surface area contributed by atoms with Crippen LogP contribution in [0, 0.1) is 0 Å². The second-order valence-corrected chi connectivity index (χ2v) is 7.85. The van der Waals surface area contributed by atoms with E-state index in [1.165, 1.54) is 0 Å². The van der Waals surface area contributed by atoms with Crippen molar-refractivity contribution in [3.05, 3.63) is 23.8 Å². The lowest BCUT2D eigenvalue weighted by Crippen LogP contribution is -2.35. The van der Waals surface area contributed by atoms with E-state index in [0.717, 1.165) is 37.1 Å². The molecule has 2 N–H and O–H groups in total. The highest BCUT2D eigenvalue weighted by atomic mass is 32.2. The van der Waals surface area contributed by atoms with Crippen molar-refractivity contribution in [2.24, 2.45) is 0 Å². The van der Waals surface area contributed by atoms with Crippen molar-refractivity contribution in [3.8, 4) is 0 Å². The highest BCUT2D eigenvalue weighted by Gasteiger charge is 2.29. The van der Waals surface area contributed by atoms with Crippen molar-refractivity contribution in [3.63, 3.8) is 0 Å². The molecule has 3 rings (SSSR count). The van der Waals surface area contributed by atoms with E-state index in [9.17, 15) is 13.2 Å². The number of benzene rings is 1. The van der Waals surface area contributed by atoms with Gasteiger partial charge in [0.25, 0.3) is 0 Å². The lowest BCUT2D eigenvalue weighted by molar-refractivity contribution is -0.118. The normalized spacial score (nSPS) is 20.7. The van der Waals surface area contributed by atoms with Gasteiger partial charge >= 0.3 is 0 Å². The highest BCUT2D eigenvalue weighted by molar-refractivity contribution is 7.89. The maximum atomic E-state index is 12.6. The molecular formula is C16H23N3O3S. The largest absolute Gasteiger partial charge is 0.313 e. The fourth-order valence-electron chi connectivity index (χ4n) is 3.31. The summed E-state index contributed by atoms with van der Waals surface area (Å²) in [5.41, 5.74) is 1.78. The summed E-state index contributed by atoms with van der Waals surface area (Å²) in [5, 5.41) is 3.33. The summed E-state index contributed by atoms with van der Waals surface area (Å²) in [6.45, 7) is 3.69. The summed E-state index contributed by atoms with van der Waals surface area (Å²) in [6.07, 6.45) is 3.39. The summed E-state index contributed by atoms with van der Waals surface area (Å²) >= 11 is 0. The van der Waals surface area contributed by atoms with Crippen LogP contribution in [0.5, 0.6) is 0 Å². The Morgan fingerprint density at radius 1 is 1.43 bits per heavy atom. The molecule has 1 aromatic rings. The van der Waals surface area contributed by atoms with Gasteiger partial charge in [0.1, 0.15) is 0 Å². The van der Waals surface area contributed by atoms with E-state index in [0.29, 0.717) is 19.5 Å². The number of carbonyl (C=O) groups excluding carboxylic acids is 1. The molecule has 0 aliphatic carbocycles. The zero-order valence-electron chi connectivity index (χ0n) is 13.3. The molecule has 2 aliphatic heterocycles. The number of carbonyl (C=O) groups is 1. The molecule has 126 valence electrons. The van der Waals surface area contributed by atoms with Gasteiger partial charge in [0.2, 0.25) is 15.9 Å². The minimum atomic E-state index is -3.50. The topological polar surface area (TPSA) is 78.5 Å². The lowest BCUT2D eigenvalue weighted by Gasteiger charge is -2.20. The van der Waals surface area contributed by atoms with E-state index < -0.39 is 10.0 Å². The van der Waals surface area contributed by atoms with Crippen molar-refractivity contribution in [2.75, 3.05) is 24.5 Å². The van der Waals surface area contributed by atoms with Crippen molar-refractivity contribution >= 4 is 21.6 Å². The first kappa shape index (κ1) is 16.4. The number of nitrogens with zero attached hydrogens (tertiary/aromatic N) is 1. The van der Waals surface area contributed by atoms with Crippen molar-refractivity contribution in [1.29, 1.82) is 0 Å². The van der Waals surface area contributed by atoms with Crippen LogP contribution in [0.4, 0.5) is 5.69 Å². The Hall–Kier alpha value is -1.44. The Bertz CT molecular complexity index is 697. The molecule has 0 saturated carbocycles. The van der Waals surface area contributed by atoms with Crippen LogP contribution in [0.25, 0.3) is 0 Å². The van der Waals surface area contributed by atoms with Crippen LogP contribution in [-0.2, 0) is 21.2 Å². The SMILES string of the molecule is CCNS(=O)(=O)c1ccc2c(c1)N(C(=O)CC1CCCN1)CC2. The van der Waals surface area contributed by atoms with Crippen molar-refractivity contribution in [1.82, 2.24) is 10.0 Å². The summed E-state index contributed by atoms with van der Waals surface area (Å²) < 4.78 is 26.8. The number of anilines is 1. The predicted molar refractivity (Wildman–Crippen MR) is 89.0 cm³/mol. The standard InChI is InChI=1S/C16H23N3O3S/c1-2-18-23(21,22)14-6-5-12-7-9-19(15(12)11-14)16(20)10-13-4-3-8-17-13/h5-6,11,13,17-18H,2-4,7-10H2,1H3. The van der Waals surface area contributed by atoms with Gasteiger partial charge in [-0.15, -0.1) is 0 Å². The van der Waals surface area contributed by atoms with E-state index in [4.69, 9.17) is 0 Å². The molecule has 1 aromatic carbocycles. The van der Waals surface area contributed by atoms with Crippen molar-refractivity contribution in [2.45, 2.75) is 43.5 Å². The molecule has 6 nitrogen and oxygen atoms in total. The molecule has 1 amide bonds. The number of sulfonamides is 1. The van der Waals surface area contributed by atoms with Crippen LogP contribution < -0.4 is 14.9 Å². The lowest BCUT2D eigenvalue weighted by atomic mass is 10.1. The van der Waals surface area contributed by atoms with Crippen LogP contribution in [0.15, 0.2) is 23.1 Å². The second-order valence-electron chi connectivity index (χ2n) is 6.08. The zero-order valence-corrected chi connectivity index (χ0v) is 14.2. The fraction of sp³-hybridized carbons (Fsp3) is 0.562. The molecular weight excluding hydrogens is 314 g/mol. The maximum absolute atomic E-state index is 12.6. The van der Waals surface area contributed by atoms with Gasteiger partial charge < -0.3 is 10.2 Å². The molecule has 0 bridgehead atoms. The van der Waals surface area contributed by atoms with E-state index >= 15 is 0 Å². The van der Waals surface area contributed by atoms with E-state index in [-0.39, 0.29) is 16.8 Å². The summed E-state index contributed by atoms with van der Waals surface area (Å²) in [4.78, 5) is 14.5. The Kier molecular flexibility index (Phi) is 4.70. The van der Waals surface area contributed by atoms with Gasteiger partial charge in [0.15, 0.2) is 0 Å². The molecule has 1 unspecified atom stereocenters. The molecule has 2 aliphatic rings. The van der Waals surface area contributed by atoms with Crippen LogP contribution >= 0.6 is 0 Å². The monoisotopic (exact) mass is 337 g/mol. The number of hydrogen-bond donors (Lipinski definition) is 2. The number of rotatable bonds is 5. The van der Waals surface area contributed by atoms with E-state index in [1.54, 1.807) is 24.0 Å². The third-order valence-electron chi connectivity index (χ3n) is 4.48. The molecule has 23 heavy (non-hydrogen) atoms. The van der Waals surface area contributed by atoms with Crippen molar-refractivity contribution < 1.29 is 13.2 Å². The quantitative estimate of drug-likeness (QED) is 0.841. The first-order valence-electron chi connectivity index (χ1n) is 8.17. The van der Waals surface area contributed by atoms with Gasteiger partial charge in [0, 0.05) is 31.2 Å². The summed E-state index contributed by atoms with van der Waals surface area (Å²) in [5.74, 6) is 0.0705. The first-order valence-corrected chi connectivity index (χ1v) is 9.66. The zero-order chi connectivity index (χ0) is 16.4. The smallest absolute Gasteiger partial charge is 0.240 e. The van der Waals surface area contributed by atoms with Crippen LogP contribution in [0.3, 0.4) is 0 Å². The first-order chi connectivity index (χ1) is 11.0. The molecule has 2 heterocycles. The molecule has 1 saturated heterocycles.